The Kier molecular flexibility index (Phi) is 6.67. The van der Waals surface area contributed by atoms with E-state index in [0.717, 1.165) is 0 Å². The Hall–Kier alpha value is -1.21. The van der Waals surface area contributed by atoms with E-state index in [1.807, 2.05) is 0 Å². The summed E-state index contributed by atoms with van der Waals surface area (Å²) in [5, 5.41) is 8.29. The van der Waals surface area contributed by atoms with Crippen molar-refractivity contribution in [2.75, 3.05) is 0 Å². The second kappa shape index (κ2) is 7.18. The van der Waals surface area contributed by atoms with Crippen LogP contribution in [0.2, 0.25) is 9.45 Å². The summed E-state index contributed by atoms with van der Waals surface area (Å²) in [6, 6.07) is 0. The molecule has 0 atom stereocenters. The van der Waals surface area contributed by atoms with Crippen LogP contribution in [0.25, 0.3) is 0 Å². The second-order valence-electron chi connectivity index (χ2n) is 3.76. The van der Waals surface area contributed by atoms with Crippen LogP contribution in [0.4, 0.5) is 0 Å². The molecule has 0 aromatic heterocycles. The van der Waals surface area contributed by atoms with Gasteiger partial charge in [0.15, 0.2) is 0 Å². The van der Waals surface area contributed by atoms with Crippen LogP contribution >= 0.6 is 0 Å². The van der Waals surface area contributed by atoms with Gasteiger partial charge in [-0.25, -0.2) is 0 Å². The molecule has 0 bridgehead atoms. The Balaban J connectivity index is 4.23. The Bertz CT molecular complexity index is 359. The Morgan fingerprint density at radius 1 is 1.06 bits per heavy atom. The van der Waals surface area contributed by atoms with Crippen molar-refractivity contribution >= 4 is 46.5 Å². The number of carbonyl (C=O) groups is 5. The van der Waals surface area contributed by atoms with Gasteiger partial charge in [-0.3, -0.25) is 0 Å². The van der Waals surface area contributed by atoms with Crippen LogP contribution in [-0.2, 0) is 24.0 Å². The number of carboxylic acids is 1. The third-order valence-electron chi connectivity index (χ3n) is 2.29. The van der Waals surface area contributed by atoms with Crippen molar-refractivity contribution in [2.24, 2.45) is 0 Å². The first-order chi connectivity index (χ1) is 7.75. The van der Waals surface area contributed by atoms with Gasteiger partial charge in [0.1, 0.15) is 0 Å². The molecule has 17 heavy (non-hydrogen) atoms. The molecule has 0 saturated carbocycles. The molecular formula is C10H13GaO6. The second-order valence-corrected chi connectivity index (χ2v) is 7.73. The fourth-order valence-electron chi connectivity index (χ4n) is 1.34. The zero-order valence-electron chi connectivity index (χ0n) is 9.69. The molecule has 0 saturated heterocycles. The molecule has 0 amide bonds. The summed E-state index contributed by atoms with van der Waals surface area (Å²) in [6.45, 7) is 2.59. The van der Waals surface area contributed by atoms with Crippen molar-refractivity contribution in [3.8, 4) is 0 Å². The molecular weight excluding hydrogens is 286 g/mol. The molecule has 6 nitrogen and oxygen atoms in total. The molecule has 0 radical (unpaired) electrons. The molecule has 0 unspecified atom stereocenters. The molecule has 0 heterocycles. The van der Waals surface area contributed by atoms with E-state index < -0.39 is 45.8 Å². The molecule has 0 aromatic rings. The first kappa shape index (κ1) is 15.8. The van der Waals surface area contributed by atoms with Crippen molar-refractivity contribution in [1.29, 1.82) is 0 Å². The van der Waals surface area contributed by atoms with E-state index >= 15 is 0 Å². The summed E-state index contributed by atoms with van der Waals surface area (Å²) >= 11 is -1.73. The summed E-state index contributed by atoms with van der Waals surface area (Å²) < 4.78 is -0.661. The first-order valence-electron chi connectivity index (χ1n) is 5.04. The van der Waals surface area contributed by atoms with E-state index in [4.69, 9.17) is 5.11 Å². The van der Waals surface area contributed by atoms with Gasteiger partial charge in [-0.15, -0.1) is 0 Å². The van der Waals surface area contributed by atoms with Gasteiger partial charge in [-0.05, 0) is 0 Å². The molecule has 0 rings (SSSR count). The number of aliphatic carboxylic acids is 1. The third-order valence-corrected chi connectivity index (χ3v) is 7.69. The Labute approximate surface area is 106 Å². The number of rotatable bonds is 8. The summed E-state index contributed by atoms with van der Waals surface area (Å²) in [5.41, 5.74) is 0. The van der Waals surface area contributed by atoms with Crippen molar-refractivity contribution < 1.29 is 29.1 Å². The van der Waals surface area contributed by atoms with Crippen molar-refractivity contribution in [1.82, 2.24) is 0 Å². The zero-order valence-corrected chi connectivity index (χ0v) is 12.7. The van der Waals surface area contributed by atoms with Gasteiger partial charge in [0.25, 0.3) is 0 Å². The van der Waals surface area contributed by atoms with Gasteiger partial charge < -0.3 is 0 Å². The van der Waals surface area contributed by atoms with Gasteiger partial charge in [0.2, 0.25) is 0 Å². The Morgan fingerprint density at radius 2 is 1.53 bits per heavy atom. The zero-order chi connectivity index (χ0) is 13.6. The monoisotopic (exact) mass is 298 g/mol. The third kappa shape index (κ3) is 6.17. The van der Waals surface area contributed by atoms with E-state index in [2.05, 4.69) is 0 Å². The van der Waals surface area contributed by atoms with Gasteiger partial charge in [-0.1, -0.05) is 0 Å². The molecule has 7 heteroatoms. The van der Waals surface area contributed by atoms with Crippen molar-refractivity contribution in [2.45, 2.75) is 29.7 Å². The standard InChI is InChI=1S/C5H5O4.C5H7O2.Ga.H/c1-3(6)2-4(7)5(8)9;1-4(6)3-5(2)7;;/h1-2H2,(H,8,9);3H,1-2H3;;. The number of ketones is 4. The van der Waals surface area contributed by atoms with Crippen LogP contribution in [0.1, 0.15) is 20.3 Å². The van der Waals surface area contributed by atoms with Crippen LogP contribution in [0.5, 0.6) is 0 Å². The van der Waals surface area contributed by atoms with E-state index in [0.29, 0.717) is 0 Å². The van der Waals surface area contributed by atoms with E-state index in [1.54, 1.807) is 0 Å². The topological polar surface area (TPSA) is 106 Å². The molecule has 0 aliphatic heterocycles. The molecule has 0 aliphatic rings. The first-order valence-corrected chi connectivity index (χ1v) is 8.85. The fourth-order valence-corrected chi connectivity index (χ4v) is 4.70. The number of hydrogen-bond donors (Lipinski definition) is 1. The predicted octanol–water partition coefficient (Wildman–Crippen LogP) is -0.579. The SMILES string of the molecule is CC(=O)[CH]([GaH][CH2]C(=O)CC(=O)C(=O)O)C(C)=O. The molecule has 0 aromatic carbocycles. The summed E-state index contributed by atoms with van der Waals surface area (Å²) in [6.07, 6.45) is -0.650. The van der Waals surface area contributed by atoms with Gasteiger partial charge in [0.05, 0.1) is 0 Å². The molecule has 0 aliphatic carbocycles. The number of hydrogen-bond acceptors (Lipinski definition) is 5. The summed E-state index contributed by atoms with van der Waals surface area (Å²) in [7, 11) is 0. The van der Waals surface area contributed by atoms with E-state index in [1.165, 1.54) is 13.8 Å². The van der Waals surface area contributed by atoms with Crippen molar-refractivity contribution in [3.05, 3.63) is 0 Å². The van der Waals surface area contributed by atoms with Crippen LogP contribution in [0.3, 0.4) is 0 Å². The van der Waals surface area contributed by atoms with E-state index in [9.17, 15) is 24.0 Å². The minimum atomic E-state index is -1.73. The molecule has 92 valence electrons. The number of Topliss-reactive ketones (excluding diaryl/α,β-unsaturated/α-hetero) is 4. The van der Waals surface area contributed by atoms with Crippen LogP contribution in [-0.4, -0.2) is 51.6 Å². The van der Waals surface area contributed by atoms with E-state index in [-0.39, 0.29) is 16.5 Å². The maximum atomic E-state index is 11.2. The number of carboxylic acid groups (broad SMARTS) is 1. The molecule has 1 N–H and O–H groups in total. The minimum absolute atomic E-state index is 0.0375. The van der Waals surface area contributed by atoms with Gasteiger partial charge >= 0.3 is 105 Å². The van der Waals surface area contributed by atoms with Crippen LogP contribution in [0.15, 0.2) is 0 Å². The normalized spacial score (nSPS) is 9.82. The van der Waals surface area contributed by atoms with Gasteiger partial charge in [0, 0.05) is 0 Å². The average molecular weight is 299 g/mol. The van der Waals surface area contributed by atoms with Crippen molar-refractivity contribution in [3.63, 3.8) is 0 Å². The quantitative estimate of drug-likeness (QED) is 0.365. The Morgan fingerprint density at radius 3 is 1.88 bits per heavy atom. The summed E-state index contributed by atoms with van der Waals surface area (Å²) in [5.74, 6) is -3.80. The average Bonchev–Trinajstić information content (AvgIpc) is 2.16. The number of carbonyl (C=O) groups excluding carboxylic acids is 4. The fraction of sp³-hybridized carbons (Fsp3) is 0.500. The van der Waals surface area contributed by atoms with Crippen LogP contribution in [0, 0.1) is 0 Å². The maximum absolute atomic E-state index is 11.2. The predicted molar refractivity (Wildman–Crippen MR) is 59.3 cm³/mol. The molecule has 0 fully saturated rings. The van der Waals surface area contributed by atoms with Gasteiger partial charge in [-0.2, -0.15) is 0 Å². The summed E-state index contributed by atoms with van der Waals surface area (Å²) in [4.78, 5) is 54.4. The van der Waals surface area contributed by atoms with Crippen LogP contribution < -0.4 is 0 Å². The molecule has 0 spiro atoms.